The second-order valence-electron chi connectivity index (χ2n) is 4.62. The Hall–Kier alpha value is -2.09. The van der Waals surface area contributed by atoms with Gasteiger partial charge in [0.1, 0.15) is 5.92 Å². The number of carbonyl (C=O) groups excluding carboxylic acids is 1. The van der Waals surface area contributed by atoms with Crippen molar-refractivity contribution in [1.29, 1.82) is 0 Å². The highest BCUT2D eigenvalue weighted by Crippen LogP contribution is 2.38. The zero-order valence-electron chi connectivity index (χ0n) is 11.4. The Bertz CT molecular complexity index is 669. The fourth-order valence-corrected chi connectivity index (χ4v) is 3.76. The maximum atomic E-state index is 12.3. The standard InChI is InChI=1S/C13H15NO6S/c1-20-12(15)6-7-21(18,19)14-8-10(13(16)17)9-4-2-3-5-11(9)14/h2-5,10H,6-8H2,1H3,(H,16,17). The topological polar surface area (TPSA) is 101 Å². The SMILES string of the molecule is COC(=O)CCS(=O)(=O)N1CC(C(=O)O)c2ccccc21. The normalized spacial score (nSPS) is 17.4. The molecule has 21 heavy (non-hydrogen) atoms. The minimum atomic E-state index is -3.78. The van der Waals surface area contributed by atoms with Crippen molar-refractivity contribution < 1.29 is 27.9 Å². The van der Waals surface area contributed by atoms with Gasteiger partial charge in [0.15, 0.2) is 0 Å². The zero-order valence-corrected chi connectivity index (χ0v) is 12.2. The highest BCUT2D eigenvalue weighted by molar-refractivity contribution is 7.92. The molecule has 0 fully saturated rings. The van der Waals surface area contributed by atoms with Gasteiger partial charge in [-0.2, -0.15) is 0 Å². The number of rotatable bonds is 5. The lowest BCUT2D eigenvalue weighted by Gasteiger charge is -2.19. The van der Waals surface area contributed by atoms with Crippen LogP contribution in [0.2, 0.25) is 0 Å². The molecule has 7 nitrogen and oxygen atoms in total. The van der Waals surface area contributed by atoms with Gasteiger partial charge in [0, 0.05) is 0 Å². The van der Waals surface area contributed by atoms with Crippen molar-refractivity contribution in [2.24, 2.45) is 0 Å². The molecule has 0 bridgehead atoms. The number of carboxylic acids is 1. The predicted octanol–water partition coefficient (Wildman–Crippen LogP) is 0.568. The summed E-state index contributed by atoms with van der Waals surface area (Å²) in [5, 5.41) is 9.20. The van der Waals surface area contributed by atoms with E-state index in [2.05, 4.69) is 4.74 Å². The van der Waals surface area contributed by atoms with Crippen LogP contribution in [0.25, 0.3) is 0 Å². The molecule has 114 valence electrons. The molecule has 0 spiro atoms. The van der Waals surface area contributed by atoms with Crippen LogP contribution in [0.4, 0.5) is 5.69 Å². The van der Waals surface area contributed by atoms with E-state index in [0.29, 0.717) is 11.3 Å². The number of methoxy groups -OCH3 is 1. The van der Waals surface area contributed by atoms with Gasteiger partial charge in [0.25, 0.3) is 0 Å². The number of aliphatic carboxylic acids is 1. The summed E-state index contributed by atoms with van der Waals surface area (Å²) in [5.41, 5.74) is 0.821. The monoisotopic (exact) mass is 313 g/mol. The van der Waals surface area contributed by atoms with E-state index in [1.165, 1.54) is 7.11 Å². The molecule has 1 N–H and O–H groups in total. The van der Waals surface area contributed by atoms with E-state index in [0.717, 1.165) is 4.31 Å². The molecule has 0 saturated carbocycles. The van der Waals surface area contributed by atoms with Crippen molar-refractivity contribution >= 4 is 27.6 Å². The zero-order chi connectivity index (χ0) is 15.6. The number of benzene rings is 1. The van der Waals surface area contributed by atoms with Crippen molar-refractivity contribution in [2.75, 3.05) is 23.7 Å². The maximum Gasteiger partial charge on any atom is 0.312 e. The molecule has 1 aromatic rings. The molecule has 0 aromatic heterocycles. The average Bonchev–Trinajstić information content (AvgIpc) is 2.85. The highest BCUT2D eigenvalue weighted by atomic mass is 32.2. The van der Waals surface area contributed by atoms with E-state index in [9.17, 15) is 23.1 Å². The van der Waals surface area contributed by atoms with Crippen LogP contribution in [-0.2, 0) is 24.3 Å². The lowest BCUT2D eigenvalue weighted by atomic mass is 10.0. The van der Waals surface area contributed by atoms with Crippen LogP contribution in [0.5, 0.6) is 0 Å². The molecule has 0 amide bonds. The van der Waals surface area contributed by atoms with Crippen LogP contribution in [0.1, 0.15) is 17.9 Å². The van der Waals surface area contributed by atoms with E-state index in [1.54, 1.807) is 24.3 Å². The first-order valence-corrected chi connectivity index (χ1v) is 7.86. The van der Waals surface area contributed by atoms with Crippen LogP contribution in [0, 0.1) is 0 Å². The third-order valence-corrected chi connectivity index (χ3v) is 5.09. The van der Waals surface area contributed by atoms with Crippen LogP contribution in [0.15, 0.2) is 24.3 Å². The Morgan fingerprint density at radius 1 is 1.38 bits per heavy atom. The molecule has 1 aliphatic rings. The molecule has 0 radical (unpaired) electrons. The summed E-state index contributed by atoms with van der Waals surface area (Å²) < 4.78 is 30.1. The molecule has 1 unspecified atom stereocenters. The second kappa shape index (κ2) is 5.72. The van der Waals surface area contributed by atoms with E-state index >= 15 is 0 Å². The number of nitrogens with zero attached hydrogens (tertiary/aromatic N) is 1. The average molecular weight is 313 g/mol. The number of fused-ring (bicyclic) bond motifs is 1. The smallest absolute Gasteiger partial charge is 0.312 e. The highest BCUT2D eigenvalue weighted by Gasteiger charge is 2.38. The number of ether oxygens (including phenoxy) is 1. The number of esters is 1. The number of hydrogen-bond acceptors (Lipinski definition) is 5. The Labute approximate surface area is 122 Å². The molecule has 1 aliphatic heterocycles. The molecule has 1 atom stereocenters. The lowest BCUT2D eigenvalue weighted by molar-refractivity contribution is -0.140. The van der Waals surface area contributed by atoms with Crippen molar-refractivity contribution in [1.82, 2.24) is 0 Å². The van der Waals surface area contributed by atoms with Gasteiger partial charge in [-0.3, -0.25) is 13.9 Å². The van der Waals surface area contributed by atoms with Crippen molar-refractivity contribution in [2.45, 2.75) is 12.3 Å². The van der Waals surface area contributed by atoms with Crippen LogP contribution < -0.4 is 4.31 Å². The predicted molar refractivity (Wildman–Crippen MR) is 74.6 cm³/mol. The van der Waals surface area contributed by atoms with E-state index < -0.39 is 33.6 Å². The number of anilines is 1. The Morgan fingerprint density at radius 3 is 2.67 bits per heavy atom. The molecular weight excluding hydrogens is 298 g/mol. The fourth-order valence-electron chi connectivity index (χ4n) is 2.27. The van der Waals surface area contributed by atoms with Crippen LogP contribution in [-0.4, -0.2) is 44.9 Å². The van der Waals surface area contributed by atoms with Crippen molar-refractivity contribution in [3.05, 3.63) is 29.8 Å². The summed E-state index contributed by atoms with van der Waals surface area (Å²) in [6.07, 6.45) is -0.269. The molecule has 8 heteroatoms. The number of carbonyl (C=O) groups is 2. The van der Waals surface area contributed by atoms with Gasteiger partial charge in [0.2, 0.25) is 10.0 Å². The fraction of sp³-hybridized carbons (Fsp3) is 0.385. The van der Waals surface area contributed by atoms with Gasteiger partial charge < -0.3 is 9.84 Å². The van der Waals surface area contributed by atoms with Gasteiger partial charge >= 0.3 is 11.9 Å². The molecular formula is C13H15NO6S. The molecule has 1 heterocycles. The Balaban J connectivity index is 2.29. The first-order valence-electron chi connectivity index (χ1n) is 6.26. The maximum absolute atomic E-state index is 12.3. The van der Waals surface area contributed by atoms with Crippen molar-refractivity contribution in [3.8, 4) is 0 Å². The second-order valence-corrected chi connectivity index (χ2v) is 6.64. The van der Waals surface area contributed by atoms with Crippen LogP contribution >= 0.6 is 0 Å². The van der Waals surface area contributed by atoms with Gasteiger partial charge in [0.05, 0.1) is 31.5 Å². The number of hydrogen-bond donors (Lipinski definition) is 1. The van der Waals surface area contributed by atoms with E-state index in [1.807, 2.05) is 0 Å². The van der Waals surface area contributed by atoms with Crippen LogP contribution in [0.3, 0.4) is 0 Å². The van der Waals surface area contributed by atoms with Gasteiger partial charge in [-0.05, 0) is 11.6 Å². The summed E-state index contributed by atoms with van der Waals surface area (Å²) in [7, 11) is -2.59. The quantitative estimate of drug-likeness (QED) is 0.797. The van der Waals surface area contributed by atoms with Gasteiger partial charge in [-0.1, -0.05) is 18.2 Å². The Morgan fingerprint density at radius 2 is 2.05 bits per heavy atom. The summed E-state index contributed by atoms with van der Waals surface area (Å²) in [6, 6.07) is 6.48. The first kappa shape index (κ1) is 15.3. The summed E-state index contributed by atoms with van der Waals surface area (Å²) in [6.45, 7) is -0.155. The molecule has 2 rings (SSSR count). The van der Waals surface area contributed by atoms with Crippen molar-refractivity contribution in [3.63, 3.8) is 0 Å². The molecule has 0 saturated heterocycles. The largest absolute Gasteiger partial charge is 0.481 e. The van der Waals surface area contributed by atoms with E-state index in [4.69, 9.17) is 0 Å². The number of carboxylic acid groups (broad SMARTS) is 1. The number of sulfonamides is 1. The minimum absolute atomic E-state index is 0.155. The van der Waals surface area contributed by atoms with Gasteiger partial charge in [-0.25, -0.2) is 8.42 Å². The third kappa shape index (κ3) is 2.99. The Kier molecular flexibility index (Phi) is 4.17. The molecule has 0 aliphatic carbocycles. The first-order chi connectivity index (χ1) is 9.86. The van der Waals surface area contributed by atoms with E-state index in [-0.39, 0.29) is 13.0 Å². The molecule has 1 aromatic carbocycles. The number of para-hydroxylation sites is 1. The summed E-state index contributed by atoms with van der Waals surface area (Å²) in [5.74, 6) is -3.01. The summed E-state index contributed by atoms with van der Waals surface area (Å²) >= 11 is 0. The summed E-state index contributed by atoms with van der Waals surface area (Å²) in [4.78, 5) is 22.3. The lowest BCUT2D eigenvalue weighted by Crippen LogP contribution is -2.34. The minimum Gasteiger partial charge on any atom is -0.481 e. The third-order valence-electron chi connectivity index (χ3n) is 3.35. The van der Waals surface area contributed by atoms with Gasteiger partial charge in [-0.15, -0.1) is 0 Å².